The summed E-state index contributed by atoms with van der Waals surface area (Å²) in [6, 6.07) is 3.11. The molecule has 2 N–H and O–H groups in total. The molecule has 8 heteroatoms. The Bertz CT molecular complexity index is 646. The van der Waals surface area contributed by atoms with E-state index in [9.17, 15) is 9.59 Å². The van der Waals surface area contributed by atoms with Crippen molar-refractivity contribution >= 4 is 40.8 Å². The minimum Gasteiger partial charge on any atom is -0.465 e. The van der Waals surface area contributed by atoms with Crippen molar-refractivity contribution in [2.75, 3.05) is 25.5 Å². The molecule has 1 aromatic rings. The van der Waals surface area contributed by atoms with Crippen LogP contribution in [0.5, 0.6) is 0 Å². The van der Waals surface area contributed by atoms with Crippen LogP contribution in [0.15, 0.2) is 23.4 Å². The standard InChI is InChI=1S/C14H15Cl2N3O3/c1-8-3-10(14(21)22-2)12(4-11(8)16)18-13(20)7-19-6-9(15)5-17-19/h3-4,6,17H,5,7H2,1-2H3,(H,18,20). The number of hydrogen-bond donors (Lipinski definition) is 2. The number of nitrogens with zero attached hydrogens (tertiary/aromatic N) is 1. The van der Waals surface area contributed by atoms with E-state index >= 15 is 0 Å². The van der Waals surface area contributed by atoms with Crippen molar-refractivity contribution in [3.05, 3.63) is 39.5 Å². The van der Waals surface area contributed by atoms with Crippen molar-refractivity contribution in [1.82, 2.24) is 10.4 Å². The zero-order valence-corrected chi connectivity index (χ0v) is 13.6. The largest absolute Gasteiger partial charge is 0.465 e. The van der Waals surface area contributed by atoms with Gasteiger partial charge in [-0.25, -0.2) is 10.2 Å². The highest BCUT2D eigenvalue weighted by atomic mass is 35.5. The summed E-state index contributed by atoms with van der Waals surface area (Å²) in [5.74, 6) is -0.863. The van der Waals surface area contributed by atoms with Crippen LogP contribution in [0.1, 0.15) is 15.9 Å². The van der Waals surface area contributed by atoms with E-state index < -0.39 is 5.97 Å². The van der Waals surface area contributed by atoms with Gasteiger partial charge in [0.15, 0.2) is 0 Å². The third kappa shape index (κ3) is 3.91. The number of hydrazine groups is 1. The smallest absolute Gasteiger partial charge is 0.339 e. The molecular formula is C14H15Cl2N3O3. The Balaban J connectivity index is 2.15. The molecule has 118 valence electrons. The van der Waals surface area contributed by atoms with Gasteiger partial charge in [0, 0.05) is 11.2 Å². The number of benzene rings is 1. The van der Waals surface area contributed by atoms with E-state index in [2.05, 4.69) is 10.7 Å². The van der Waals surface area contributed by atoms with Gasteiger partial charge < -0.3 is 15.1 Å². The fourth-order valence-corrected chi connectivity index (χ4v) is 2.29. The van der Waals surface area contributed by atoms with E-state index in [0.29, 0.717) is 22.3 Å². The first kappa shape index (κ1) is 16.6. The van der Waals surface area contributed by atoms with Gasteiger partial charge in [-0.1, -0.05) is 23.2 Å². The maximum absolute atomic E-state index is 12.1. The molecule has 0 atom stereocenters. The van der Waals surface area contributed by atoms with Crippen molar-refractivity contribution in [3.63, 3.8) is 0 Å². The second-order valence-electron chi connectivity index (χ2n) is 4.73. The van der Waals surface area contributed by atoms with E-state index in [1.54, 1.807) is 24.2 Å². The van der Waals surface area contributed by atoms with Gasteiger partial charge in [0.1, 0.15) is 6.54 Å². The van der Waals surface area contributed by atoms with Gasteiger partial charge in [0.2, 0.25) is 5.91 Å². The van der Waals surface area contributed by atoms with Gasteiger partial charge in [-0.2, -0.15) is 0 Å². The van der Waals surface area contributed by atoms with Crippen LogP contribution in [0.3, 0.4) is 0 Å². The SMILES string of the molecule is COC(=O)c1cc(C)c(Cl)cc1NC(=O)CN1C=C(Cl)CN1. The first-order valence-electron chi connectivity index (χ1n) is 6.45. The Morgan fingerprint density at radius 2 is 2.14 bits per heavy atom. The monoisotopic (exact) mass is 343 g/mol. The number of hydrogen-bond acceptors (Lipinski definition) is 5. The number of amides is 1. The molecule has 2 rings (SSSR count). The average Bonchev–Trinajstić information content (AvgIpc) is 2.86. The average molecular weight is 344 g/mol. The third-order valence-electron chi connectivity index (χ3n) is 3.04. The molecule has 1 aliphatic rings. The summed E-state index contributed by atoms with van der Waals surface area (Å²) >= 11 is 11.9. The highest BCUT2D eigenvalue weighted by molar-refractivity contribution is 6.32. The fraction of sp³-hybridized carbons (Fsp3) is 0.286. The first-order valence-corrected chi connectivity index (χ1v) is 7.21. The minimum atomic E-state index is -0.544. The predicted octanol–water partition coefficient (Wildman–Crippen LogP) is 2.27. The Kier molecular flexibility index (Phi) is 5.28. The van der Waals surface area contributed by atoms with Crippen molar-refractivity contribution in [2.24, 2.45) is 0 Å². The number of nitrogens with one attached hydrogen (secondary N) is 2. The highest BCUT2D eigenvalue weighted by Gasteiger charge is 2.18. The minimum absolute atomic E-state index is 0.0440. The maximum Gasteiger partial charge on any atom is 0.339 e. The summed E-state index contributed by atoms with van der Waals surface area (Å²) in [4.78, 5) is 23.9. The summed E-state index contributed by atoms with van der Waals surface area (Å²) in [6.45, 7) is 2.29. The van der Waals surface area contributed by atoms with Crippen molar-refractivity contribution in [1.29, 1.82) is 0 Å². The number of carbonyl (C=O) groups excluding carboxylic acids is 2. The summed E-state index contributed by atoms with van der Waals surface area (Å²) in [7, 11) is 1.28. The van der Waals surface area contributed by atoms with Gasteiger partial charge in [0.05, 0.1) is 29.9 Å². The lowest BCUT2D eigenvalue weighted by Gasteiger charge is -2.16. The van der Waals surface area contributed by atoms with E-state index in [-0.39, 0.29) is 18.0 Å². The number of ether oxygens (including phenoxy) is 1. The summed E-state index contributed by atoms with van der Waals surface area (Å²) in [5, 5.41) is 5.28. The number of carbonyl (C=O) groups is 2. The zero-order chi connectivity index (χ0) is 16.3. The van der Waals surface area contributed by atoms with Crippen LogP contribution in [0.2, 0.25) is 5.02 Å². The molecule has 1 amide bonds. The van der Waals surface area contributed by atoms with Crippen molar-refractivity contribution < 1.29 is 14.3 Å². The fourth-order valence-electron chi connectivity index (χ4n) is 1.95. The Hall–Kier alpha value is -1.76. The molecule has 1 aliphatic heterocycles. The van der Waals surface area contributed by atoms with Gasteiger partial charge in [-0.05, 0) is 24.6 Å². The molecular weight excluding hydrogens is 329 g/mol. The molecule has 0 radical (unpaired) electrons. The molecule has 6 nitrogen and oxygen atoms in total. The van der Waals surface area contributed by atoms with E-state index in [1.165, 1.54) is 13.2 Å². The molecule has 0 saturated carbocycles. The number of anilines is 1. The highest BCUT2D eigenvalue weighted by Crippen LogP contribution is 2.25. The number of rotatable bonds is 4. The first-order chi connectivity index (χ1) is 10.4. The Morgan fingerprint density at radius 1 is 1.41 bits per heavy atom. The second kappa shape index (κ2) is 7.00. The molecule has 0 fully saturated rings. The van der Waals surface area contributed by atoms with Crippen LogP contribution in [-0.4, -0.2) is 37.1 Å². The van der Waals surface area contributed by atoms with E-state index in [0.717, 1.165) is 5.56 Å². The number of esters is 1. The Morgan fingerprint density at radius 3 is 2.73 bits per heavy atom. The van der Waals surface area contributed by atoms with Gasteiger partial charge in [0.25, 0.3) is 0 Å². The maximum atomic E-state index is 12.1. The molecule has 1 aromatic carbocycles. The third-order valence-corrected chi connectivity index (χ3v) is 3.68. The van der Waals surface area contributed by atoms with Crippen LogP contribution >= 0.6 is 23.2 Å². The van der Waals surface area contributed by atoms with Gasteiger partial charge >= 0.3 is 5.97 Å². The van der Waals surface area contributed by atoms with Crippen LogP contribution in [0, 0.1) is 6.92 Å². The molecule has 0 unspecified atom stereocenters. The van der Waals surface area contributed by atoms with Crippen molar-refractivity contribution in [3.8, 4) is 0 Å². The van der Waals surface area contributed by atoms with Crippen LogP contribution in [0.4, 0.5) is 5.69 Å². The van der Waals surface area contributed by atoms with E-state index in [4.69, 9.17) is 27.9 Å². The van der Waals surface area contributed by atoms with Crippen LogP contribution < -0.4 is 10.7 Å². The summed E-state index contributed by atoms with van der Waals surface area (Å²) in [6.07, 6.45) is 1.63. The van der Waals surface area contributed by atoms with Gasteiger partial charge in [-0.15, -0.1) is 0 Å². The number of halogens is 2. The molecule has 0 aromatic heterocycles. The zero-order valence-electron chi connectivity index (χ0n) is 12.1. The Labute approximate surface area is 138 Å². The number of aryl methyl sites for hydroxylation is 1. The van der Waals surface area contributed by atoms with Crippen LogP contribution in [0.25, 0.3) is 0 Å². The second-order valence-corrected chi connectivity index (χ2v) is 5.62. The number of methoxy groups -OCH3 is 1. The topological polar surface area (TPSA) is 70.7 Å². The van der Waals surface area contributed by atoms with Crippen LogP contribution in [-0.2, 0) is 9.53 Å². The molecule has 22 heavy (non-hydrogen) atoms. The lowest BCUT2D eigenvalue weighted by molar-refractivity contribution is -0.117. The molecule has 0 aliphatic carbocycles. The van der Waals surface area contributed by atoms with Crippen molar-refractivity contribution in [2.45, 2.75) is 6.92 Å². The quantitative estimate of drug-likeness (QED) is 0.820. The molecule has 0 spiro atoms. The lowest BCUT2D eigenvalue weighted by atomic mass is 10.1. The van der Waals surface area contributed by atoms with E-state index in [1.807, 2.05) is 0 Å². The normalized spacial score (nSPS) is 13.8. The summed E-state index contributed by atoms with van der Waals surface area (Å²) < 4.78 is 4.72. The summed E-state index contributed by atoms with van der Waals surface area (Å²) in [5.41, 5.74) is 4.20. The molecule has 0 saturated heterocycles. The predicted molar refractivity (Wildman–Crippen MR) is 84.8 cm³/mol. The van der Waals surface area contributed by atoms with Gasteiger partial charge in [-0.3, -0.25) is 4.79 Å². The molecule has 1 heterocycles. The molecule has 0 bridgehead atoms. The lowest BCUT2D eigenvalue weighted by Crippen LogP contribution is -2.36.